The third-order valence-corrected chi connectivity index (χ3v) is 4.39. The molecule has 0 saturated heterocycles. The van der Waals surface area contributed by atoms with Crippen molar-refractivity contribution >= 4 is 34.5 Å². The van der Waals surface area contributed by atoms with Crippen LogP contribution in [0, 0.1) is 0 Å². The molecule has 7 heteroatoms. The number of carbonyl (C=O) groups is 1. The van der Waals surface area contributed by atoms with Gasteiger partial charge in [0.2, 0.25) is 5.78 Å². The Bertz CT molecular complexity index is 821. The van der Waals surface area contributed by atoms with Gasteiger partial charge in [-0.3, -0.25) is 9.20 Å². The van der Waals surface area contributed by atoms with Crippen molar-refractivity contribution in [1.82, 2.24) is 19.2 Å². The van der Waals surface area contributed by atoms with E-state index in [1.807, 2.05) is 28.7 Å². The minimum atomic E-state index is -0.857. The summed E-state index contributed by atoms with van der Waals surface area (Å²) in [6.07, 6.45) is 0. The Morgan fingerprint density at radius 2 is 1.86 bits per heavy atom. The summed E-state index contributed by atoms with van der Waals surface area (Å²) in [7, 11) is 0. The summed E-state index contributed by atoms with van der Waals surface area (Å²) >= 11 is 1.20. The minimum Gasteiger partial charge on any atom is -0.480 e. The van der Waals surface area contributed by atoms with Crippen LogP contribution in [-0.2, 0) is 4.79 Å². The summed E-state index contributed by atoms with van der Waals surface area (Å²) in [4.78, 5) is 11.1. The van der Waals surface area contributed by atoms with Crippen LogP contribution in [0.1, 0.15) is 26.8 Å². The number of aliphatic carboxylic acids is 1. The zero-order valence-electron chi connectivity index (χ0n) is 12.0. The fourth-order valence-electron chi connectivity index (χ4n) is 2.39. The fourth-order valence-corrected chi connectivity index (χ4v) is 3.18. The lowest BCUT2D eigenvalue weighted by molar-refractivity contribution is -0.136. The van der Waals surface area contributed by atoms with Gasteiger partial charge in [-0.15, -0.1) is 10.2 Å². The highest BCUT2D eigenvalue weighted by Crippen LogP contribution is 2.29. The lowest BCUT2D eigenvalue weighted by atomic mass is 10.3. The molecule has 0 unspecified atom stereocenters. The van der Waals surface area contributed by atoms with E-state index in [2.05, 4.69) is 28.6 Å². The second-order valence-electron chi connectivity index (χ2n) is 5.17. The number of hydrogen-bond acceptors (Lipinski definition) is 4. The first-order valence-electron chi connectivity index (χ1n) is 6.74. The second-order valence-corrected chi connectivity index (χ2v) is 6.48. The topological polar surface area (TPSA) is 72.4 Å². The van der Waals surface area contributed by atoms with E-state index in [0.29, 0.717) is 5.16 Å². The van der Waals surface area contributed by atoms with Crippen LogP contribution in [0.3, 0.4) is 0 Å². The summed E-state index contributed by atoms with van der Waals surface area (Å²) in [5.41, 5.74) is 2.06. The van der Waals surface area contributed by atoms with Gasteiger partial charge in [-0.25, -0.2) is 0 Å². The van der Waals surface area contributed by atoms with Crippen LogP contribution in [0.25, 0.3) is 16.8 Å². The smallest absolute Gasteiger partial charge is 0.316 e. The molecule has 1 atom stereocenters. The Hall–Kier alpha value is -2.02. The molecule has 0 spiro atoms. The van der Waals surface area contributed by atoms with Crippen LogP contribution in [-0.4, -0.2) is 35.5 Å². The van der Waals surface area contributed by atoms with Crippen molar-refractivity contribution in [2.75, 3.05) is 0 Å². The number of rotatable bonds is 4. The highest BCUT2D eigenvalue weighted by molar-refractivity contribution is 8.00. The largest absolute Gasteiger partial charge is 0.480 e. The summed E-state index contributed by atoms with van der Waals surface area (Å²) < 4.78 is 4.04. The van der Waals surface area contributed by atoms with Crippen molar-refractivity contribution in [3.8, 4) is 0 Å². The number of carboxylic acid groups (broad SMARTS) is 1. The molecule has 2 aromatic heterocycles. The van der Waals surface area contributed by atoms with Crippen molar-refractivity contribution in [3.63, 3.8) is 0 Å². The van der Waals surface area contributed by atoms with E-state index < -0.39 is 11.2 Å². The third-order valence-electron chi connectivity index (χ3n) is 3.36. The van der Waals surface area contributed by atoms with Gasteiger partial charge in [0, 0.05) is 6.04 Å². The number of aromatic nitrogens is 4. The first-order valence-corrected chi connectivity index (χ1v) is 7.62. The fraction of sp³-hybridized carbons (Fsp3) is 0.357. The van der Waals surface area contributed by atoms with Gasteiger partial charge in [0.25, 0.3) is 0 Å². The molecule has 6 nitrogen and oxygen atoms in total. The van der Waals surface area contributed by atoms with Crippen LogP contribution in [0.2, 0.25) is 0 Å². The van der Waals surface area contributed by atoms with Crippen LogP contribution in [0.4, 0.5) is 0 Å². The first kappa shape index (κ1) is 13.9. The lowest BCUT2D eigenvalue weighted by Gasteiger charge is -2.07. The predicted octanol–water partition coefficient (Wildman–Crippen LogP) is 2.83. The minimum absolute atomic E-state index is 0.242. The Morgan fingerprint density at radius 3 is 2.48 bits per heavy atom. The Labute approximate surface area is 125 Å². The van der Waals surface area contributed by atoms with E-state index in [0.717, 1.165) is 16.8 Å². The van der Waals surface area contributed by atoms with E-state index in [-0.39, 0.29) is 6.04 Å². The summed E-state index contributed by atoms with van der Waals surface area (Å²) in [6, 6.07) is 8.23. The van der Waals surface area contributed by atoms with Crippen molar-refractivity contribution in [3.05, 3.63) is 24.3 Å². The maximum absolute atomic E-state index is 11.1. The molecule has 0 bridgehead atoms. The predicted molar refractivity (Wildman–Crippen MR) is 81.8 cm³/mol. The van der Waals surface area contributed by atoms with Gasteiger partial charge < -0.3 is 9.67 Å². The van der Waals surface area contributed by atoms with Gasteiger partial charge >= 0.3 is 5.97 Å². The standard InChI is InChI=1S/C14H16N4O2S/c1-8(2)17-10-6-4-5-7-11(10)18-13(17)15-16-14(18)21-9(3)12(19)20/h4-9H,1-3H3,(H,19,20)/t9-/m0/s1. The molecule has 0 aliphatic heterocycles. The molecule has 3 rings (SSSR count). The van der Waals surface area contributed by atoms with Crippen LogP contribution in [0.5, 0.6) is 0 Å². The van der Waals surface area contributed by atoms with Crippen LogP contribution >= 0.6 is 11.8 Å². The molecule has 0 amide bonds. The number of para-hydroxylation sites is 2. The molecule has 0 aliphatic carbocycles. The number of hydrogen-bond donors (Lipinski definition) is 1. The number of nitrogens with zero attached hydrogens (tertiary/aromatic N) is 4. The highest BCUT2D eigenvalue weighted by atomic mass is 32.2. The van der Waals surface area contributed by atoms with E-state index in [1.165, 1.54) is 11.8 Å². The summed E-state index contributed by atoms with van der Waals surface area (Å²) in [5, 5.41) is 17.5. The van der Waals surface area contributed by atoms with Crippen molar-refractivity contribution < 1.29 is 9.90 Å². The molecular weight excluding hydrogens is 288 g/mol. The Morgan fingerprint density at radius 1 is 1.19 bits per heavy atom. The zero-order chi connectivity index (χ0) is 15.1. The third kappa shape index (κ3) is 2.17. The van der Waals surface area contributed by atoms with Gasteiger partial charge in [-0.2, -0.15) is 0 Å². The maximum Gasteiger partial charge on any atom is 0.316 e. The van der Waals surface area contributed by atoms with E-state index in [9.17, 15) is 4.79 Å². The molecule has 2 heterocycles. The van der Waals surface area contributed by atoms with E-state index >= 15 is 0 Å². The van der Waals surface area contributed by atoms with Crippen molar-refractivity contribution in [1.29, 1.82) is 0 Å². The van der Waals surface area contributed by atoms with Gasteiger partial charge in [0.1, 0.15) is 5.25 Å². The van der Waals surface area contributed by atoms with Crippen LogP contribution < -0.4 is 0 Å². The van der Waals surface area contributed by atoms with Gasteiger partial charge in [-0.05, 0) is 32.9 Å². The average molecular weight is 304 g/mol. The molecule has 0 aliphatic rings. The molecule has 1 aromatic carbocycles. The quantitative estimate of drug-likeness (QED) is 0.750. The Balaban J connectivity index is 2.25. The first-order chi connectivity index (χ1) is 10.0. The number of benzene rings is 1. The van der Waals surface area contributed by atoms with Gasteiger partial charge in [-0.1, -0.05) is 23.9 Å². The number of fused-ring (bicyclic) bond motifs is 3. The number of imidazole rings is 1. The molecule has 0 fully saturated rings. The van der Waals surface area contributed by atoms with Gasteiger partial charge in [0.15, 0.2) is 5.16 Å². The Kier molecular flexibility index (Phi) is 3.36. The monoisotopic (exact) mass is 304 g/mol. The highest BCUT2D eigenvalue weighted by Gasteiger charge is 2.21. The molecule has 21 heavy (non-hydrogen) atoms. The summed E-state index contributed by atoms with van der Waals surface area (Å²) in [5.74, 6) is -0.115. The van der Waals surface area contributed by atoms with Gasteiger partial charge in [0.05, 0.1) is 11.0 Å². The van der Waals surface area contributed by atoms with E-state index in [4.69, 9.17) is 5.11 Å². The maximum atomic E-state index is 11.1. The van der Waals surface area contributed by atoms with Crippen LogP contribution in [0.15, 0.2) is 29.4 Å². The molecular formula is C14H16N4O2S. The lowest BCUT2D eigenvalue weighted by Crippen LogP contribution is -2.11. The number of carboxylic acids is 1. The molecule has 110 valence electrons. The number of thioether (sulfide) groups is 1. The molecule has 0 radical (unpaired) electrons. The molecule has 1 N–H and O–H groups in total. The molecule has 0 saturated carbocycles. The second kappa shape index (κ2) is 5.07. The zero-order valence-corrected chi connectivity index (χ0v) is 12.8. The molecule has 3 aromatic rings. The SMILES string of the molecule is CC(C)n1c2ccccc2n2c(S[C@@H](C)C(=O)O)nnc12. The van der Waals surface area contributed by atoms with Crippen molar-refractivity contribution in [2.24, 2.45) is 0 Å². The van der Waals surface area contributed by atoms with Crippen molar-refractivity contribution in [2.45, 2.75) is 37.2 Å². The average Bonchev–Trinajstić information content (AvgIpc) is 2.96. The summed E-state index contributed by atoms with van der Waals surface area (Å²) in [6.45, 7) is 5.83. The normalized spacial score (nSPS) is 13.3. The van der Waals surface area contributed by atoms with E-state index in [1.54, 1.807) is 6.92 Å².